The molecule has 0 spiro atoms. The number of sulfonamides is 1. The van der Waals surface area contributed by atoms with Crippen molar-refractivity contribution in [1.82, 2.24) is 4.72 Å². The minimum absolute atomic E-state index is 0.107. The first-order chi connectivity index (χ1) is 6.41. The van der Waals surface area contributed by atoms with E-state index in [1.165, 1.54) is 0 Å². The van der Waals surface area contributed by atoms with Gasteiger partial charge in [0.25, 0.3) is 0 Å². The second kappa shape index (κ2) is 5.94. The zero-order valence-corrected chi connectivity index (χ0v) is 9.00. The summed E-state index contributed by atoms with van der Waals surface area (Å²) in [4.78, 5) is 10.7. The molecule has 0 aliphatic rings. The lowest BCUT2D eigenvalue weighted by Crippen LogP contribution is -2.34. The van der Waals surface area contributed by atoms with Gasteiger partial charge >= 0.3 is 5.97 Å². The van der Waals surface area contributed by atoms with Crippen molar-refractivity contribution in [1.29, 1.82) is 0 Å². The maximum Gasteiger partial charge on any atom is 0.322 e. The van der Waals surface area contributed by atoms with Crippen LogP contribution in [-0.2, 0) is 19.6 Å². The SMILES string of the molecule is COC(=O)CS(=O)(=O)NCC(C)CO. The van der Waals surface area contributed by atoms with Crippen molar-refractivity contribution in [3.05, 3.63) is 0 Å². The number of aliphatic hydroxyl groups excluding tert-OH is 1. The van der Waals surface area contributed by atoms with E-state index in [2.05, 4.69) is 9.46 Å². The first-order valence-electron chi connectivity index (χ1n) is 4.06. The summed E-state index contributed by atoms with van der Waals surface area (Å²) in [7, 11) is -2.51. The first kappa shape index (κ1) is 13.3. The number of carbonyl (C=O) groups excluding carboxylic acids is 1. The maximum atomic E-state index is 11.1. The van der Waals surface area contributed by atoms with Crippen molar-refractivity contribution in [2.45, 2.75) is 6.92 Å². The van der Waals surface area contributed by atoms with Crippen molar-refractivity contribution < 1.29 is 23.1 Å². The molecule has 0 aromatic heterocycles. The number of carbonyl (C=O) groups is 1. The van der Waals surface area contributed by atoms with Crippen LogP contribution in [0.1, 0.15) is 6.92 Å². The molecule has 1 atom stereocenters. The van der Waals surface area contributed by atoms with Crippen LogP contribution in [0.4, 0.5) is 0 Å². The van der Waals surface area contributed by atoms with Crippen LogP contribution in [-0.4, -0.2) is 45.5 Å². The lowest BCUT2D eigenvalue weighted by Gasteiger charge is -2.09. The molecule has 0 aromatic carbocycles. The zero-order chi connectivity index (χ0) is 11.2. The number of nitrogens with one attached hydrogen (secondary N) is 1. The van der Waals surface area contributed by atoms with Gasteiger partial charge in [0.2, 0.25) is 10.0 Å². The largest absolute Gasteiger partial charge is 0.468 e. The summed E-state index contributed by atoms with van der Waals surface area (Å²) in [5.41, 5.74) is 0. The van der Waals surface area contributed by atoms with E-state index in [9.17, 15) is 13.2 Å². The molecule has 0 aliphatic carbocycles. The monoisotopic (exact) mass is 225 g/mol. The van der Waals surface area contributed by atoms with Gasteiger partial charge in [-0.1, -0.05) is 6.92 Å². The summed E-state index contributed by atoms with van der Waals surface area (Å²) in [6.07, 6.45) is 0. The molecule has 2 N–H and O–H groups in total. The molecule has 0 aliphatic heterocycles. The van der Waals surface area contributed by atoms with E-state index in [0.29, 0.717) is 0 Å². The van der Waals surface area contributed by atoms with E-state index in [1.54, 1.807) is 6.92 Å². The van der Waals surface area contributed by atoms with Crippen LogP contribution >= 0.6 is 0 Å². The standard InChI is InChI=1S/C7H15NO5S/c1-6(4-9)3-8-14(11,12)5-7(10)13-2/h6,8-9H,3-5H2,1-2H3. The Hall–Kier alpha value is -0.660. The number of ether oxygens (including phenoxy) is 1. The number of esters is 1. The molecule has 6 nitrogen and oxygen atoms in total. The van der Waals surface area contributed by atoms with Crippen LogP contribution in [0.15, 0.2) is 0 Å². The van der Waals surface area contributed by atoms with Gasteiger partial charge in [-0.2, -0.15) is 0 Å². The van der Waals surface area contributed by atoms with Gasteiger partial charge in [0.1, 0.15) is 0 Å². The molecule has 0 saturated heterocycles. The Morgan fingerprint density at radius 2 is 2.14 bits per heavy atom. The van der Waals surface area contributed by atoms with Gasteiger partial charge in [-0.3, -0.25) is 4.79 Å². The van der Waals surface area contributed by atoms with Crippen molar-refractivity contribution in [2.75, 3.05) is 26.0 Å². The second-order valence-corrected chi connectivity index (χ2v) is 4.78. The third kappa shape index (κ3) is 5.90. The van der Waals surface area contributed by atoms with Crippen LogP contribution in [0.2, 0.25) is 0 Å². The minimum atomic E-state index is -3.63. The molecule has 0 amide bonds. The Morgan fingerprint density at radius 3 is 2.57 bits per heavy atom. The molecule has 0 rings (SSSR count). The van der Waals surface area contributed by atoms with Crippen LogP contribution in [0.25, 0.3) is 0 Å². The zero-order valence-electron chi connectivity index (χ0n) is 8.19. The van der Waals surface area contributed by atoms with Gasteiger partial charge in [0.15, 0.2) is 5.75 Å². The molecule has 0 radical (unpaired) electrons. The molecule has 1 unspecified atom stereocenters. The van der Waals surface area contributed by atoms with Gasteiger partial charge in [-0.05, 0) is 5.92 Å². The highest BCUT2D eigenvalue weighted by Gasteiger charge is 2.16. The van der Waals surface area contributed by atoms with Gasteiger partial charge in [-0.15, -0.1) is 0 Å². The van der Waals surface area contributed by atoms with Gasteiger partial charge in [0, 0.05) is 13.2 Å². The van der Waals surface area contributed by atoms with Crippen molar-refractivity contribution in [3.63, 3.8) is 0 Å². The first-order valence-corrected chi connectivity index (χ1v) is 5.71. The molecular formula is C7H15NO5S. The smallest absolute Gasteiger partial charge is 0.322 e. The molecule has 0 heterocycles. The van der Waals surface area contributed by atoms with Gasteiger partial charge in [0.05, 0.1) is 7.11 Å². The minimum Gasteiger partial charge on any atom is -0.468 e. The molecular weight excluding hydrogens is 210 g/mol. The summed E-state index contributed by atoms with van der Waals surface area (Å²) in [6.45, 7) is 1.68. The summed E-state index contributed by atoms with van der Waals surface area (Å²) >= 11 is 0. The van der Waals surface area contributed by atoms with E-state index in [1.807, 2.05) is 0 Å². The second-order valence-electron chi connectivity index (χ2n) is 2.97. The molecule has 14 heavy (non-hydrogen) atoms. The van der Waals surface area contributed by atoms with Crippen molar-refractivity contribution in [2.24, 2.45) is 5.92 Å². The highest BCUT2D eigenvalue weighted by molar-refractivity contribution is 7.90. The highest BCUT2D eigenvalue weighted by Crippen LogP contribution is 1.92. The Bertz CT molecular complexity index is 274. The Labute approximate surface area is 83.3 Å². The lowest BCUT2D eigenvalue weighted by molar-refractivity contribution is -0.137. The fourth-order valence-corrected chi connectivity index (χ4v) is 1.67. The molecule has 0 bridgehead atoms. The van der Waals surface area contributed by atoms with Gasteiger partial charge < -0.3 is 9.84 Å². The Kier molecular flexibility index (Phi) is 5.66. The number of rotatable bonds is 6. The van der Waals surface area contributed by atoms with E-state index < -0.39 is 21.7 Å². The summed E-state index contributed by atoms with van der Waals surface area (Å²) < 4.78 is 28.7. The summed E-state index contributed by atoms with van der Waals surface area (Å²) in [5.74, 6) is -1.68. The van der Waals surface area contributed by atoms with E-state index in [0.717, 1.165) is 7.11 Å². The third-order valence-electron chi connectivity index (χ3n) is 1.50. The maximum absolute atomic E-state index is 11.1. The number of hydrogen-bond acceptors (Lipinski definition) is 5. The average molecular weight is 225 g/mol. The van der Waals surface area contributed by atoms with Gasteiger partial charge in [-0.25, -0.2) is 13.1 Å². The molecule has 0 saturated carbocycles. The summed E-state index contributed by atoms with van der Waals surface area (Å²) in [5, 5.41) is 8.63. The van der Waals surface area contributed by atoms with Crippen molar-refractivity contribution >= 4 is 16.0 Å². The van der Waals surface area contributed by atoms with Crippen LogP contribution < -0.4 is 4.72 Å². The Morgan fingerprint density at radius 1 is 1.57 bits per heavy atom. The fraction of sp³-hybridized carbons (Fsp3) is 0.857. The molecule has 0 fully saturated rings. The third-order valence-corrected chi connectivity index (χ3v) is 2.72. The topological polar surface area (TPSA) is 92.7 Å². The number of aliphatic hydroxyl groups is 1. The highest BCUT2D eigenvalue weighted by atomic mass is 32.2. The van der Waals surface area contributed by atoms with E-state index >= 15 is 0 Å². The van der Waals surface area contributed by atoms with Crippen LogP contribution in [0.5, 0.6) is 0 Å². The number of methoxy groups -OCH3 is 1. The summed E-state index contributed by atoms with van der Waals surface area (Å²) in [6, 6.07) is 0. The normalized spacial score (nSPS) is 13.6. The van der Waals surface area contributed by atoms with E-state index in [4.69, 9.17) is 5.11 Å². The predicted octanol–water partition coefficient (Wildman–Crippen LogP) is -1.29. The van der Waals surface area contributed by atoms with Crippen LogP contribution in [0.3, 0.4) is 0 Å². The van der Waals surface area contributed by atoms with Crippen LogP contribution in [0, 0.1) is 5.92 Å². The molecule has 0 aromatic rings. The average Bonchev–Trinajstić information content (AvgIpc) is 2.13. The number of hydrogen-bond donors (Lipinski definition) is 2. The van der Waals surface area contributed by atoms with Crippen molar-refractivity contribution in [3.8, 4) is 0 Å². The molecule has 7 heteroatoms. The van der Waals surface area contributed by atoms with E-state index in [-0.39, 0.29) is 19.1 Å². The Balaban J connectivity index is 4.03. The molecule has 84 valence electrons. The quantitative estimate of drug-likeness (QED) is 0.548. The lowest BCUT2D eigenvalue weighted by atomic mass is 10.2. The predicted molar refractivity (Wildman–Crippen MR) is 50.1 cm³/mol. The fourth-order valence-electron chi connectivity index (χ4n) is 0.599.